The molecule has 1 aliphatic rings. The molecule has 1 aliphatic carbocycles. The Morgan fingerprint density at radius 2 is 2.36 bits per heavy atom. The van der Waals surface area contributed by atoms with Crippen LogP contribution in [0.2, 0.25) is 0 Å². The van der Waals surface area contributed by atoms with Gasteiger partial charge in [0.25, 0.3) is 0 Å². The number of alkyl halides is 1. The van der Waals surface area contributed by atoms with E-state index < -0.39 is 0 Å². The Morgan fingerprint density at radius 1 is 1.57 bits per heavy atom. The molecule has 0 saturated heterocycles. The van der Waals surface area contributed by atoms with Crippen molar-refractivity contribution in [3.63, 3.8) is 0 Å². The van der Waals surface area contributed by atoms with Crippen molar-refractivity contribution in [1.29, 1.82) is 0 Å². The largest absolute Gasteiger partial charge is 0.250 e. The Morgan fingerprint density at radius 3 is 2.93 bits per heavy atom. The zero-order valence-electron chi connectivity index (χ0n) is 8.54. The molecule has 2 rings (SSSR count). The van der Waals surface area contributed by atoms with Gasteiger partial charge in [0.2, 0.25) is 0 Å². The molecule has 0 aliphatic heterocycles. The fourth-order valence-corrected chi connectivity index (χ4v) is 2.06. The van der Waals surface area contributed by atoms with Crippen molar-refractivity contribution >= 4 is 11.6 Å². The first-order valence-corrected chi connectivity index (χ1v) is 5.76. The maximum Gasteiger partial charge on any atom is 0.138 e. The van der Waals surface area contributed by atoms with Gasteiger partial charge in [-0.25, -0.2) is 4.98 Å². The van der Waals surface area contributed by atoms with Crippen LogP contribution in [0, 0.1) is 5.41 Å². The summed E-state index contributed by atoms with van der Waals surface area (Å²) in [6.45, 7) is 3.12. The topological polar surface area (TPSA) is 30.7 Å². The van der Waals surface area contributed by atoms with Gasteiger partial charge in [0.1, 0.15) is 12.2 Å². The van der Waals surface area contributed by atoms with Gasteiger partial charge in [-0.15, -0.1) is 11.6 Å². The first kappa shape index (κ1) is 9.97. The second kappa shape index (κ2) is 3.89. The molecular formula is C10H16ClN3. The Kier molecular flexibility index (Phi) is 2.77. The number of aryl methyl sites for hydroxylation is 1. The van der Waals surface area contributed by atoms with E-state index in [-0.39, 0.29) is 0 Å². The van der Waals surface area contributed by atoms with E-state index in [9.17, 15) is 0 Å². The van der Waals surface area contributed by atoms with E-state index in [0.717, 1.165) is 31.1 Å². The monoisotopic (exact) mass is 213 g/mol. The van der Waals surface area contributed by atoms with Crippen LogP contribution in [-0.2, 0) is 13.0 Å². The summed E-state index contributed by atoms with van der Waals surface area (Å²) in [5.41, 5.74) is 0.347. The maximum atomic E-state index is 5.94. The van der Waals surface area contributed by atoms with Gasteiger partial charge >= 0.3 is 0 Å². The summed E-state index contributed by atoms with van der Waals surface area (Å²) >= 11 is 5.94. The lowest BCUT2D eigenvalue weighted by molar-refractivity contribution is 0.500. The van der Waals surface area contributed by atoms with E-state index in [2.05, 4.69) is 17.0 Å². The Bertz CT molecular complexity index is 304. The third-order valence-electron chi connectivity index (χ3n) is 2.90. The average molecular weight is 214 g/mol. The summed E-state index contributed by atoms with van der Waals surface area (Å²) < 4.78 is 2.01. The van der Waals surface area contributed by atoms with Crippen LogP contribution in [0.25, 0.3) is 0 Å². The van der Waals surface area contributed by atoms with E-state index in [0.29, 0.717) is 5.41 Å². The number of rotatable bonds is 5. The van der Waals surface area contributed by atoms with E-state index in [1.54, 1.807) is 6.33 Å². The van der Waals surface area contributed by atoms with Gasteiger partial charge in [-0.2, -0.15) is 5.10 Å². The third kappa shape index (κ3) is 1.92. The van der Waals surface area contributed by atoms with Crippen LogP contribution < -0.4 is 0 Å². The van der Waals surface area contributed by atoms with Crippen LogP contribution in [-0.4, -0.2) is 20.6 Å². The van der Waals surface area contributed by atoms with Crippen LogP contribution in [0.1, 0.15) is 32.0 Å². The van der Waals surface area contributed by atoms with Crippen molar-refractivity contribution in [3.05, 3.63) is 12.2 Å². The summed E-state index contributed by atoms with van der Waals surface area (Å²) in [7, 11) is 0. The zero-order valence-corrected chi connectivity index (χ0v) is 9.30. The molecular weight excluding hydrogens is 198 g/mol. The molecule has 0 bridgehead atoms. The SMILES string of the molecule is CCCn1ncnc1CC1(CCl)CC1. The average Bonchev–Trinajstić information content (AvgIpc) is 2.84. The van der Waals surface area contributed by atoms with Gasteiger partial charge in [-0.1, -0.05) is 6.92 Å². The smallest absolute Gasteiger partial charge is 0.138 e. The summed E-state index contributed by atoms with van der Waals surface area (Å²) in [5, 5.41) is 4.21. The Labute approximate surface area is 89.5 Å². The lowest BCUT2D eigenvalue weighted by Crippen LogP contribution is -2.13. The van der Waals surface area contributed by atoms with Crippen molar-refractivity contribution in [1.82, 2.24) is 14.8 Å². The molecule has 0 atom stereocenters. The minimum Gasteiger partial charge on any atom is -0.250 e. The van der Waals surface area contributed by atoms with Crippen LogP contribution in [0.5, 0.6) is 0 Å². The number of hydrogen-bond acceptors (Lipinski definition) is 2. The highest BCUT2D eigenvalue weighted by Crippen LogP contribution is 2.48. The molecule has 0 aromatic carbocycles. The lowest BCUT2D eigenvalue weighted by Gasteiger charge is -2.10. The molecule has 3 nitrogen and oxygen atoms in total. The van der Waals surface area contributed by atoms with Crippen molar-refractivity contribution in [2.24, 2.45) is 5.41 Å². The van der Waals surface area contributed by atoms with Gasteiger partial charge in [-0.3, -0.25) is 4.68 Å². The number of halogens is 1. The fraction of sp³-hybridized carbons (Fsp3) is 0.800. The molecule has 0 unspecified atom stereocenters. The molecule has 0 N–H and O–H groups in total. The van der Waals surface area contributed by atoms with Crippen LogP contribution in [0.15, 0.2) is 6.33 Å². The molecule has 0 radical (unpaired) electrons. The quantitative estimate of drug-likeness (QED) is 0.703. The molecule has 1 fully saturated rings. The first-order valence-electron chi connectivity index (χ1n) is 5.22. The van der Waals surface area contributed by atoms with Gasteiger partial charge in [0, 0.05) is 18.8 Å². The molecule has 1 aromatic heterocycles. The van der Waals surface area contributed by atoms with Gasteiger partial charge < -0.3 is 0 Å². The van der Waals surface area contributed by atoms with Gasteiger partial charge in [-0.05, 0) is 24.7 Å². The number of hydrogen-bond donors (Lipinski definition) is 0. The van der Waals surface area contributed by atoms with Crippen LogP contribution >= 0.6 is 11.6 Å². The van der Waals surface area contributed by atoms with Crippen LogP contribution in [0.4, 0.5) is 0 Å². The molecule has 78 valence electrons. The Balaban J connectivity index is 2.05. The standard InChI is InChI=1S/C10H16ClN3/c1-2-5-14-9(12-8-13-14)6-10(7-11)3-4-10/h8H,2-7H2,1H3. The molecule has 1 saturated carbocycles. The first-order chi connectivity index (χ1) is 6.79. The second-order valence-corrected chi connectivity index (χ2v) is 4.48. The molecule has 4 heteroatoms. The minimum absolute atomic E-state index is 0.347. The number of nitrogens with zero attached hydrogens (tertiary/aromatic N) is 3. The van der Waals surface area contributed by atoms with Crippen molar-refractivity contribution in [2.75, 3.05) is 5.88 Å². The van der Waals surface area contributed by atoms with E-state index in [1.807, 2.05) is 4.68 Å². The van der Waals surface area contributed by atoms with Crippen molar-refractivity contribution in [2.45, 2.75) is 39.2 Å². The summed E-state index contributed by atoms with van der Waals surface area (Å²) in [6, 6.07) is 0. The van der Waals surface area contributed by atoms with E-state index in [1.165, 1.54) is 12.8 Å². The van der Waals surface area contributed by atoms with Crippen LogP contribution in [0.3, 0.4) is 0 Å². The van der Waals surface area contributed by atoms with E-state index >= 15 is 0 Å². The number of aromatic nitrogens is 3. The zero-order chi connectivity index (χ0) is 10.0. The summed E-state index contributed by atoms with van der Waals surface area (Å²) in [6.07, 6.45) is 6.24. The van der Waals surface area contributed by atoms with Gasteiger partial charge in [0.05, 0.1) is 0 Å². The Hall–Kier alpha value is -0.570. The fourth-order valence-electron chi connectivity index (χ4n) is 1.69. The molecule has 0 amide bonds. The highest BCUT2D eigenvalue weighted by atomic mass is 35.5. The van der Waals surface area contributed by atoms with Gasteiger partial charge in [0.15, 0.2) is 0 Å². The second-order valence-electron chi connectivity index (χ2n) is 4.21. The van der Waals surface area contributed by atoms with Crippen molar-refractivity contribution in [3.8, 4) is 0 Å². The predicted molar refractivity (Wildman–Crippen MR) is 56.4 cm³/mol. The van der Waals surface area contributed by atoms with Crippen molar-refractivity contribution < 1.29 is 0 Å². The summed E-state index contributed by atoms with van der Waals surface area (Å²) in [4.78, 5) is 4.30. The van der Waals surface area contributed by atoms with E-state index in [4.69, 9.17) is 11.6 Å². The highest BCUT2D eigenvalue weighted by molar-refractivity contribution is 6.18. The highest BCUT2D eigenvalue weighted by Gasteiger charge is 2.42. The minimum atomic E-state index is 0.347. The third-order valence-corrected chi connectivity index (χ3v) is 3.47. The maximum absolute atomic E-state index is 5.94. The summed E-state index contributed by atoms with van der Waals surface area (Å²) in [5.74, 6) is 1.86. The predicted octanol–water partition coefficient (Wildman–Crippen LogP) is 2.25. The molecule has 14 heavy (non-hydrogen) atoms. The molecule has 1 heterocycles. The molecule has 0 spiro atoms. The molecule has 1 aromatic rings. The normalized spacial score (nSPS) is 18.4. The lowest BCUT2D eigenvalue weighted by atomic mass is 10.1.